The molecule has 0 aliphatic carbocycles. The zero-order valence-corrected chi connectivity index (χ0v) is 19.4. The summed E-state index contributed by atoms with van der Waals surface area (Å²) in [5.41, 5.74) is 0.316. The fraction of sp³-hybridized carbons (Fsp3) is 0.238. The lowest BCUT2D eigenvalue weighted by atomic mass is 10.2. The van der Waals surface area contributed by atoms with E-state index < -0.39 is 33.4 Å². The molecule has 2 aromatic carbocycles. The minimum Gasteiger partial charge on any atom is -0.452 e. The molecule has 2 rings (SSSR count). The van der Waals surface area contributed by atoms with Crippen LogP contribution in [0.1, 0.15) is 19.4 Å². The summed E-state index contributed by atoms with van der Waals surface area (Å²) in [4.78, 5) is 34.1. The SMILES string of the molecule is CCN(CC)S(=O)(=O)c1ccc(/C=C/C(=O)OCC(=O)Nc2ccc(Cl)c([N+](=O)[O-])c2)cc1. The van der Waals surface area contributed by atoms with E-state index in [1.54, 1.807) is 26.0 Å². The zero-order valence-electron chi connectivity index (χ0n) is 17.9. The Morgan fingerprint density at radius 2 is 1.79 bits per heavy atom. The van der Waals surface area contributed by atoms with E-state index >= 15 is 0 Å². The molecule has 0 saturated heterocycles. The van der Waals surface area contributed by atoms with Crippen LogP contribution in [0.2, 0.25) is 5.02 Å². The second-order valence-electron chi connectivity index (χ2n) is 6.57. The lowest BCUT2D eigenvalue weighted by Gasteiger charge is -2.18. The lowest BCUT2D eigenvalue weighted by Crippen LogP contribution is -2.30. The smallest absolute Gasteiger partial charge is 0.331 e. The summed E-state index contributed by atoms with van der Waals surface area (Å²) in [5, 5.41) is 13.2. The van der Waals surface area contributed by atoms with Crippen molar-refractivity contribution in [2.75, 3.05) is 25.0 Å². The average molecular weight is 496 g/mol. The molecule has 0 aromatic heterocycles. The number of hydrogen-bond donors (Lipinski definition) is 1. The Kier molecular flexibility index (Phi) is 9.09. The van der Waals surface area contributed by atoms with E-state index in [4.69, 9.17) is 16.3 Å². The van der Waals surface area contributed by atoms with Crippen LogP contribution in [0.25, 0.3) is 6.08 Å². The molecule has 33 heavy (non-hydrogen) atoms. The van der Waals surface area contributed by atoms with Gasteiger partial charge in [0, 0.05) is 30.9 Å². The molecular weight excluding hydrogens is 474 g/mol. The molecule has 0 spiro atoms. The van der Waals surface area contributed by atoms with Crippen molar-refractivity contribution in [3.8, 4) is 0 Å². The molecule has 0 heterocycles. The maximum absolute atomic E-state index is 12.5. The Morgan fingerprint density at radius 1 is 1.15 bits per heavy atom. The number of hydrogen-bond acceptors (Lipinski definition) is 7. The zero-order chi connectivity index (χ0) is 24.6. The number of nitrogens with one attached hydrogen (secondary N) is 1. The van der Waals surface area contributed by atoms with Crippen LogP contribution >= 0.6 is 11.6 Å². The molecule has 0 saturated carbocycles. The molecule has 0 fully saturated rings. The molecule has 176 valence electrons. The number of anilines is 1. The highest BCUT2D eigenvalue weighted by atomic mass is 35.5. The summed E-state index contributed by atoms with van der Waals surface area (Å²) in [5.74, 6) is -1.49. The summed E-state index contributed by atoms with van der Waals surface area (Å²) >= 11 is 5.71. The lowest BCUT2D eigenvalue weighted by molar-refractivity contribution is -0.384. The van der Waals surface area contributed by atoms with Gasteiger partial charge in [0.2, 0.25) is 10.0 Å². The first-order chi connectivity index (χ1) is 15.6. The predicted octanol–water partition coefficient (Wildman–Crippen LogP) is 3.47. The van der Waals surface area contributed by atoms with Crippen molar-refractivity contribution in [1.29, 1.82) is 0 Å². The minimum atomic E-state index is -3.57. The van der Waals surface area contributed by atoms with E-state index in [0.29, 0.717) is 18.7 Å². The van der Waals surface area contributed by atoms with E-state index in [-0.39, 0.29) is 21.3 Å². The van der Waals surface area contributed by atoms with E-state index in [1.807, 2.05) is 0 Å². The topological polar surface area (TPSA) is 136 Å². The number of rotatable bonds is 10. The van der Waals surface area contributed by atoms with Crippen LogP contribution in [0.5, 0.6) is 0 Å². The van der Waals surface area contributed by atoms with Crippen molar-refractivity contribution in [2.24, 2.45) is 0 Å². The third-order valence-corrected chi connectivity index (χ3v) is 6.79. The van der Waals surface area contributed by atoms with Crippen LogP contribution in [0.15, 0.2) is 53.4 Å². The number of halogens is 1. The highest BCUT2D eigenvalue weighted by molar-refractivity contribution is 7.89. The van der Waals surface area contributed by atoms with Crippen LogP contribution < -0.4 is 5.32 Å². The fourth-order valence-electron chi connectivity index (χ4n) is 2.74. The monoisotopic (exact) mass is 495 g/mol. The van der Waals surface area contributed by atoms with Crippen LogP contribution in [0.3, 0.4) is 0 Å². The molecule has 0 radical (unpaired) electrons. The number of nitrogens with zero attached hydrogens (tertiary/aromatic N) is 2. The Labute approximate surface area is 196 Å². The van der Waals surface area contributed by atoms with Crippen LogP contribution in [0, 0.1) is 10.1 Å². The van der Waals surface area contributed by atoms with E-state index in [9.17, 15) is 28.1 Å². The summed E-state index contributed by atoms with van der Waals surface area (Å²) in [7, 11) is -3.57. The highest BCUT2D eigenvalue weighted by Gasteiger charge is 2.21. The summed E-state index contributed by atoms with van der Waals surface area (Å²) in [6.07, 6.45) is 2.50. The Morgan fingerprint density at radius 3 is 2.36 bits per heavy atom. The normalized spacial score (nSPS) is 11.5. The molecule has 12 heteroatoms. The second-order valence-corrected chi connectivity index (χ2v) is 8.92. The van der Waals surface area contributed by atoms with Gasteiger partial charge < -0.3 is 10.1 Å². The van der Waals surface area contributed by atoms with Gasteiger partial charge in [0.15, 0.2) is 6.61 Å². The third kappa shape index (κ3) is 7.11. The summed E-state index contributed by atoms with van der Waals surface area (Å²) in [6, 6.07) is 9.70. The van der Waals surface area contributed by atoms with Crippen LogP contribution in [-0.2, 0) is 24.3 Å². The number of carbonyl (C=O) groups is 2. The molecule has 2 aromatic rings. The van der Waals surface area contributed by atoms with Crippen molar-refractivity contribution < 1.29 is 27.7 Å². The molecular formula is C21H22ClN3O7S. The quantitative estimate of drug-likeness (QED) is 0.230. The molecule has 0 atom stereocenters. The largest absolute Gasteiger partial charge is 0.452 e. The van der Waals surface area contributed by atoms with Gasteiger partial charge in [0.1, 0.15) is 5.02 Å². The molecule has 0 unspecified atom stereocenters. The molecule has 0 bridgehead atoms. The van der Waals surface area contributed by atoms with Crippen molar-refractivity contribution in [3.63, 3.8) is 0 Å². The van der Waals surface area contributed by atoms with Crippen molar-refractivity contribution in [1.82, 2.24) is 4.31 Å². The van der Waals surface area contributed by atoms with Gasteiger partial charge in [-0.3, -0.25) is 14.9 Å². The van der Waals surface area contributed by atoms with Gasteiger partial charge in [-0.25, -0.2) is 13.2 Å². The van der Waals surface area contributed by atoms with Crippen molar-refractivity contribution in [3.05, 3.63) is 69.2 Å². The Hall–Kier alpha value is -3.28. The first kappa shape index (κ1) is 26.0. The van der Waals surface area contributed by atoms with Crippen LogP contribution in [-0.4, -0.2) is 49.2 Å². The Balaban J connectivity index is 1.92. The number of esters is 1. The van der Waals surface area contributed by atoms with Gasteiger partial charge in [-0.15, -0.1) is 0 Å². The van der Waals surface area contributed by atoms with Gasteiger partial charge >= 0.3 is 5.97 Å². The van der Waals surface area contributed by atoms with Gasteiger partial charge in [-0.2, -0.15) is 4.31 Å². The highest BCUT2D eigenvalue weighted by Crippen LogP contribution is 2.27. The first-order valence-electron chi connectivity index (χ1n) is 9.77. The number of sulfonamides is 1. The molecule has 0 aliphatic heterocycles. The third-order valence-electron chi connectivity index (χ3n) is 4.41. The second kappa shape index (κ2) is 11.5. The summed E-state index contributed by atoms with van der Waals surface area (Å²) in [6.45, 7) is 3.61. The fourth-order valence-corrected chi connectivity index (χ4v) is 4.38. The van der Waals surface area contributed by atoms with Crippen molar-refractivity contribution >= 4 is 51.0 Å². The van der Waals surface area contributed by atoms with E-state index in [2.05, 4.69) is 5.32 Å². The van der Waals surface area contributed by atoms with Crippen LogP contribution in [0.4, 0.5) is 11.4 Å². The minimum absolute atomic E-state index is 0.0757. The number of carbonyl (C=O) groups excluding carboxylic acids is 2. The van der Waals surface area contributed by atoms with Gasteiger partial charge in [-0.1, -0.05) is 37.6 Å². The predicted molar refractivity (Wildman–Crippen MR) is 123 cm³/mol. The van der Waals surface area contributed by atoms with Crippen molar-refractivity contribution in [2.45, 2.75) is 18.7 Å². The maximum atomic E-state index is 12.5. The van der Waals surface area contributed by atoms with Gasteiger partial charge in [0.25, 0.3) is 11.6 Å². The molecule has 1 amide bonds. The Bertz CT molecular complexity index is 1160. The molecule has 1 N–H and O–H groups in total. The standard InChI is InChI=1S/C21H22ClN3O7S/c1-3-24(4-2)33(30,31)17-9-5-15(6-10-17)7-12-21(27)32-14-20(26)23-16-8-11-18(22)19(13-16)25(28)29/h5-13H,3-4,14H2,1-2H3,(H,23,26)/b12-7+. The van der Waals surface area contributed by atoms with E-state index in [0.717, 1.165) is 12.1 Å². The van der Waals surface area contributed by atoms with Gasteiger partial charge in [-0.05, 0) is 35.9 Å². The molecule has 0 aliphatic rings. The number of amides is 1. The number of ether oxygens (including phenoxy) is 1. The van der Waals surface area contributed by atoms with Gasteiger partial charge in [0.05, 0.1) is 9.82 Å². The average Bonchev–Trinajstić information content (AvgIpc) is 2.78. The number of nitro groups is 1. The van der Waals surface area contributed by atoms with E-state index in [1.165, 1.54) is 34.6 Å². The number of nitro benzene ring substituents is 1. The maximum Gasteiger partial charge on any atom is 0.331 e. The first-order valence-corrected chi connectivity index (χ1v) is 11.6. The summed E-state index contributed by atoms with van der Waals surface area (Å²) < 4.78 is 31.1. The molecule has 10 nitrogen and oxygen atoms in total. The number of benzene rings is 2.